The van der Waals surface area contributed by atoms with E-state index in [1.54, 1.807) is 0 Å². The highest BCUT2D eigenvalue weighted by Gasteiger charge is 2.27. The summed E-state index contributed by atoms with van der Waals surface area (Å²) < 4.78 is 0. The normalized spacial score (nSPS) is 21.1. The lowest BCUT2D eigenvalue weighted by Gasteiger charge is -2.27. The minimum Gasteiger partial charge on any atom is -0.354 e. The SMILES string of the molecule is CC(C)CNC(=O)[C@@H](CC1CCCCC1)NC(=N)NC(=O)C[C@@H]1CCC(=O)N1. The zero-order chi connectivity index (χ0) is 20.5. The van der Waals surface area contributed by atoms with Crippen LogP contribution in [0.2, 0.25) is 0 Å². The Morgan fingerprint density at radius 1 is 1.18 bits per heavy atom. The molecule has 0 aromatic heterocycles. The molecule has 8 nitrogen and oxygen atoms in total. The van der Waals surface area contributed by atoms with E-state index in [2.05, 4.69) is 21.3 Å². The van der Waals surface area contributed by atoms with E-state index in [1.807, 2.05) is 13.8 Å². The van der Waals surface area contributed by atoms with E-state index < -0.39 is 6.04 Å². The van der Waals surface area contributed by atoms with Crippen LogP contribution in [0.25, 0.3) is 0 Å². The molecule has 2 aliphatic rings. The first-order chi connectivity index (χ1) is 13.3. The molecule has 1 saturated heterocycles. The molecule has 0 bridgehead atoms. The second-order valence-corrected chi connectivity index (χ2v) is 8.51. The number of carbonyl (C=O) groups excluding carboxylic acids is 3. The highest BCUT2D eigenvalue weighted by Crippen LogP contribution is 2.27. The molecule has 0 radical (unpaired) electrons. The van der Waals surface area contributed by atoms with E-state index in [4.69, 9.17) is 5.41 Å². The Kier molecular flexibility index (Phi) is 8.73. The highest BCUT2D eigenvalue weighted by atomic mass is 16.2. The van der Waals surface area contributed by atoms with Crippen molar-refractivity contribution in [3.05, 3.63) is 0 Å². The number of guanidine groups is 1. The molecule has 5 N–H and O–H groups in total. The second kappa shape index (κ2) is 11.0. The maximum absolute atomic E-state index is 12.6. The first-order valence-electron chi connectivity index (χ1n) is 10.6. The Bertz CT molecular complexity index is 572. The van der Waals surface area contributed by atoms with Gasteiger partial charge in [0.05, 0.1) is 0 Å². The lowest BCUT2D eigenvalue weighted by Crippen LogP contribution is -2.53. The van der Waals surface area contributed by atoms with Gasteiger partial charge in [-0.3, -0.25) is 25.1 Å². The van der Waals surface area contributed by atoms with Gasteiger partial charge in [0.1, 0.15) is 6.04 Å². The Hall–Kier alpha value is -2.12. The van der Waals surface area contributed by atoms with Gasteiger partial charge in [0.2, 0.25) is 17.7 Å². The molecule has 1 aliphatic heterocycles. The van der Waals surface area contributed by atoms with Crippen LogP contribution in [0.3, 0.4) is 0 Å². The summed E-state index contributed by atoms with van der Waals surface area (Å²) in [6, 6.07) is -0.700. The first kappa shape index (κ1) is 22.2. The van der Waals surface area contributed by atoms with Crippen LogP contribution < -0.4 is 21.3 Å². The number of nitrogens with one attached hydrogen (secondary N) is 5. The van der Waals surface area contributed by atoms with Crippen molar-refractivity contribution in [2.45, 2.75) is 83.7 Å². The van der Waals surface area contributed by atoms with Gasteiger partial charge in [-0.2, -0.15) is 0 Å². The largest absolute Gasteiger partial charge is 0.354 e. The Morgan fingerprint density at radius 3 is 2.50 bits per heavy atom. The summed E-state index contributed by atoms with van der Waals surface area (Å²) >= 11 is 0. The smallest absolute Gasteiger partial charge is 0.242 e. The Balaban J connectivity index is 1.85. The predicted molar refractivity (Wildman–Crippen MR) is 108 cm³/mol. The molecule has 158 valence electrons. The van der Waals surface area contributed by atoms with Crippen molar-refractivity contribution in [1.82, 2.24) is 21.3 Å². The van der Waals surface area contributed by atoms with Crippen LogP contribution in [0.5, 0.6) is 0 Å². The molecule has 0 spiro atoms. The molecule has 0 unspecified atom stereocenters. The van der Waals surface area contributed by atoms with E-state index in [9.17, 15) is 14.4 Å². The fourth-order valence-corrected chi connectivity index (χ4v) is 3.87. The quantitative estimate of drug-likeness (QED) is 0.316. The standard InChI is InChI=1S/C20H35N5O3/c1-13(2)12-22-19(28)16(10-14-6-4-3-5-7-14)24-20(21)25-18(27)11-15-8-9-17(26)23-15/h13-16H,3-12H2,1-2H3,(H,22,28)(H,23,26)(H3,21,24,25,27)/t15-,16+/m0/s1. The molecule has 1 heterocycles. The van der Waals surface area contributed by atoms with E-state index in [-0.39, 0.29) is 36.1 Å². The number of hydrogen-bond acceptors (Lipinski definition) is 4. The third-order valence-electron chi connectivity index (χ3n) is 5.39. The van der Waals surface area contributed by atoms with E-state index in [0.717, 1.165) is 12.8 Å². The van der Waals surface area contributed by atoms with Gasteiger partial charge in [-0.05, 0) is 24.7 Å². The van der Waals surface area contributed by atoms with Crippen LogP contribution >= 0.6 is 0 Å². The van der Waals surface area contributed by atoms with Crippen LogP contribution in [0.15, 0.2) is 0 Å². The minimum atomic E-state index is -0.527. The van der Waals surface area contributed by atoms with Crippen LogP contribution in [0.4, 0.5) is 0 Å². The van der Waals surface area contributed by atoms with Gasteiger partial charge in [-0.25, -0.2) is 0 Å². The van der Waals surface area contributed by atoms with Gasteiger partial charge in [0.25, 0.3) is 0 Å². The van der Waals surface area contributed by atoms with Gasteiger partial charge >= 0.3 is 0 Å². The summed E-state index contributed by atoms with van der Waals surface area (Å²) in [5, 5.41) is 19.2. The third kappa shape index (κ3) is 7.86. The number of carbonyl (C=O) groups is 3. The molecular formula is C20H35N5O3. The van der Waals surface area contributed by atoms with E-state index >= 15 is 0 Å². The third-order valence-corrected chi connectivity index (χ3v) is 5.39. The minimum absolute atomic E-state index is 0.0413. The summed E-state index contributed by atoms with van der Waals surface area (Å²) in [5.41, 5.74) is 0. The molecule has 3 amide bonds. The van der Waals surface area contributed by atoms with Crippen molar-refractivity contribution in [3.8, 4) is 0 Å². The van der Waals surface area contributed by atoms with Gasteiger partial charge in [-0.1, -0.05) is 46.0 Å². The molecule has 1 aliphatic carbocycles. The lowest BCUT2D eigenvalue weighted by atomic mass is 9.84. The predicted octanol–water partition coefficient (Wildman–Crippen LogP) is 1.41. The van der Waals surface area contributed by atoms with Crippen LogP contribution in [-0.4, -0.2) is 42.3 Å². The molecule has 0 aromatic rings. The van der Waals surface area contributed by atoms with Gasteiger partial charge < -0.3 is 16.0 Å². The maximum Gasteiger partial charge on any atom is 0.242 e. The van der Waals surface area contributed by atoms with Crippen LogP contribution in [0.1, 0.15) is 71.6 Å². The number of amides is 3. The van der Waals surface area contributed by atoms with Crippen molar-refractivity contribution in [1.29, 1.82) is 5.41 Å². The van der Waals surface area contributed by atoms with E-state index in [1.165, 1.54) is 19.3 Å². The number of hydrogen-bond donors (Lipinski definition) is 5. The van der Waals surface area contributed by atoms with E-state index in [0.29, 0.717) is 37.6 Å². The summed E-state index contributed by atoms with van der Waals surface area (Å²) in [6.07, 6.45) is 7.72. The van der Waals surface area contributed by atoms with Crippen molar-refractivity contribution in [2.24, 2.45) is 11.8 Å². The number of rotatable bonds is 8. The van der Waals surface area contributed by atoms with Crippen molar-refractivity contribution in [3.63, 3.8) is 0 Å². The second-order valence-electron chi connectivity index (χ2n) is 8.51. The average molecular weight is 394 g/mol. The summed E-state index contributed by atoms with van der Waals surface area (Å²) in [6.45, 7) is 4.66. The molecule has 0 aromatic carbocycles. The zero-order valence-electron chi connectivity index (χ0n) is 17.1. The molecule has 8 heteroatoms. The maximum atomic E-state index is 12.6. The molecule has 28 heavy (non-hydrogen) atoms. The highest BCUT2D eigenvalue weighted by molar-refractivity contribution is 5.98. The van der Waals surface area contributed by atoms with Gasteiger partial charge in [-0.15, -0.1) is 0 Å². The topological polar surface area (TPSA) is 123 Å². The molecule has 1 saturated carbocycles. The van der Waals surface area contributed by atoms with Gasteiger partial charge in [0.15, 0.2) is 5.96 Å². The van der Waals surface area contributed by atoms with Gasteiger partial charge in [0, 0.05) is 25.4 Å². The first-order valence-corrected chi connectivity index (χ1v) is 10.6. The molecular weight excluding hydrogens is 358 g/mol. The monoisotopic (exact) mass is 393 g/mol. The summed E-state index contributed by atoms with van der Waals surface area (Å²) in [5.74, 6) is 0.161. The lowest BCUT2D eigenvalue weighted by molar-refractivity contribution is -0.124. The van der Waals surface area contributed by atoms with Crippen molar-refractivity contribution >= 4 is 23.7 Å². The fraction of sp³-hybridized carbons (Fsp3) is 0.800. The average Bonchev–Trinajstić information content (AvgIpc) is 3.04. The molecule has 2 fully saturated rings. The van der Waals surface area contributed by atoms with Crippen LogP contribution in [-0.2, 0) is 14.4 Å². The Labute approximate surface area is 167 Å². The van der Waals surface area contributed by atoms with Crippen LogP contribution in [0, 0.1) is 17.2 Å². The summed E-state index contributed by atoms with van der Waals surface area (Å²) in [4.78, 5) is 36.0. The molecule has 2 atom stereocenters. The van der Waals surface area contributed by atoms with Crippen molar-refractivity contribution in [2.75, 3.05) is 6.54 Å². The fourth-order valence-electron chi connectivity index (χ4n) is 3.87. The van der Waals surface area contributed by atoms with Crippen molar-refractivity contribution < 1.29 is 14.4 Å². The zero-order valence-corrected chi connectivity index (χ0v) is 17.1. The Morgan fingerprint density at radius 2 is 1.89 bits per heavy atom. The molecule has 2 rings (SSSR count). The summed E-state index contributed by atoms with van der Waals surface area (Å²) in [7, 11) is 0.